The van der Waals surface area contributed by atoms with E-state index >= 15 is 0 Å². The molecule has 0 spiro atoms. The zero-order chi connectivity index (χ0) is 19.1. The van der Waals surface area contributed by atoms with E-state index in [-0.39, 0.29) is 23.7 Å². The van der Waals surface area contributed by atoms with Crippen molar-refractivity contribution in [2.45, 2.75) is 13.0 Å². The number of halogens is 2. The molecule has 3 aromatic rings. The van der Waals surface area contributed by atoms with Crippen LogP contribution in [0.25, 0.3) is 11.3 Å². The summed E-state index contributed by atoms with van der Waals surface area (Å²) in [5, 5.41) is 11.1. The molecule has 0 unspecified atom stereocenters. The molecule has 1 amide bonds. The van der Waals surface area contributed by atoms with Gasteiger partial charge in [0.2, 0.25) is 0 Å². The van der Waals surface area contributed by atoms with Crippen molar-refractivity contribution in [3.63, 3.8) is 0 Å². The van der Waals surface area contributed by atoms with Crippen molar-refractivity contribution >= 4 is 5.91 Å². The molecule has 0 saturated carbocycles. The highest BCUT2D eigenvalue weighted by Crippen LogP contribution is 2.29. The Morgan fingerprint density at radius 2 is 2.00 bits per heavy atom. The van der Waals surface area contributed by atoms with E-state index in [4.69, 9.17) is 0 Å². The van der Waals surface area contributed by atoms with Gasteiger partial charge in [0, 0.05) is 42.9 Å². The Bertz CT molecular complexity index is 1110. The summed E-state index contributed by atoms with van der Waals surface area (Å²) >= 11 is 0. The van der Waals surface area contributed by atoms with Gasteiger partial charge < -0.3 is 4.90 Å². The largest absolute Gasteiger partial charge is 0.332 e. The van der Waals surface area contributed by atoms with E-state index in [1.807, 2.05) is 0 Å². The molecule has 138 valence electrons. The van der Waals surface area contributed by atoms with Gasteiger partial charge in [0.25, 0.3) is 11.5 Å². The maximum Gasteiger partial charge on any atom is 0.274 e. The number of benzene rings is 1. The van der Waals surface area contributed by atoms with Gasteiger partial charge in [-0.3, -0.25) is 14.7 Å². The van der Waals surface area contributed by atoms with Crippen LogP contribution < -0.4 is 5.56 Å². The standard InChI is InChI=1S/C18H15F2N5O2/c1-24-16(26)5-4-15(23-24)18(27)25-7-6-14-11(9-25)17(22-21-14)10-2-3-12(19)13(20)8-10/h2-5,8H,6-7,9H2,1H3,(H,21,22). The van der Waals surface area contributed by atoms with Crippen LogP contribution in [0.5, 0.6) is 0 Å². The number of hydrogen-bond acceptors (Lipinski definition) is 4. The zero-order valence-electron chi connectivity index (χ0n) is 14.4. The van der Waals surface area contributed by atoms with Gasteiger partial charge in [0.1, 0.15) is 5.69 Å². The predicted octanol–water partition coefficient (Wildman–Crippen LogP) is 1.65. The van der Waals surface area contributed by atoms with Gasteiger partial charge in [-0.15, -0.1) is 0 Å². The number of rotatable bonds is 2. The lowest BCUT2D eigenvalue weighted by atomic mass is 10.0. The van der Waals surface area contributed by atoms with Crippen molar-refractivity contribution in [3.05, 3.63) is 69.3 Å². The molecule has 4 rings (SSSR count). The molecule has 0 bridgehead atoms. The molecule has 27 heavy (non-hydrogen) atoms. The molecule has 2 aromatic heterocycles. The number of aryl methyl sites for hydroxylation is 1. The number of nitrogens with one attached hydrogen (secondary N) is 1. The summed E-state index contributed by atoms with van der Waals surface area (Å²) in [7, 11) is 1.48. The number of aromatic nitrogens is 4. The summed E-state index contributed by atoms with van der Waals surface area (Å²) < 4.78 is 27.9. The molecule has 0 fully saturated rings. The van der Waals surface area contributed by atoms with Crippen molar-refractivity contribution < 1.29 is 13.6 Å². The van der Waals surface area contributed by atoms with Gasteiger partial charge in [-0.1, -0.05) is 0 Å². The number of fused-ring (bicyclic) bond motifs is 1. The predicted molar refractivity (Wildman–Crippen MR) is 91.9 cm³/mol. The smallest absolute Gasteiger partial charge is 0.274 e. The fourth-order valence-electron chi connectivity index (χ4n) is 3.13. The van der Waals surface area contributed by atoms with E-state index in [9.17, 15) is 18.4 Å². The first kappa shape index (κ1) is 17.1. The fraction of sp³-hybridized carbons (Fsp3) is 0.222. The maximum atomic E-state index is 13.6. The monoisotopic (exact) mass is 371 g/mol. The van der Waals surface area contributed by atoms with Crippen LogP contribution in [0.15, 0.2) is 35.1 Å². The lowest BCUT2D eigenvalue weighted by Crippen LogP contribution is -2.37. The molecule has 1 N–H and O–H groups in total. The third-order valence-electron chi connectivity index (χ3n) is 4.59. The first-order valence-corrected chi connectivity index (χ1v) is 8.29. The number of amides is 1. The second-order valence-corrected chi connectivity index (χ2v) is 6.32. The first-order chi connectivity index (χ1) is 12.9. The van der Waals surface area contributed by atoms with Gasteiger partial charge >= 0.3 is 0 Å². The fourth-order valence-corrected chi connectivity index (χ4v) is 3.13. The number of nitrogens with zero attached hydrogens (tertiary/aromatic N) is 4. The van der Waals surface area contributed by atoms with Crippen molar-refractivity contribution in [2.75, 3.05) is 6.54 Å². The van der Waals surface area contributed by atoms with E-state index in [0.29, 0.717) is 24.2 Å². The second-order valence-electron chi connectivity index (χ2n) is 6.32. The molecule has 0 aliphatic carbocycles. The third-order valence-corrected chi connectivity index (χ3v) is 4.59. The van der Waals surface area contributed by atoms with Crippen molar-refractivity contribution in [1.82, 2.24) is 24.9 Å². The number of carbonyl (C=O) groups is 1. The van der Waals surface area contributed by atoms with Gasteiger partial charge in [-0.2, -0.15) is 10.2 Å². The Morgan fingerprint density at radius 3 is 2.74 bits per heavy atom. The highest BCUT2D eigenvalue weighted by molar-refractivity contribution is 5.92. The first-order valence-electron chi connectivity index (χ1n) is 8.29. The van der Waals surface area contributed by atoms with Crippen LogP contribution in [-0.4, -0.2) is 37.3 Å². The highest BCUT2D eigenvalue weighted by Gasteiger charge is 2.27. The summed E-state index contributed by atoms with van der Waals surface area (Å²) in [6.07, 6.45) is 0.545. The molecular weight excluding hydrogens is 356 g/mol. The Morgan fingerprint density at radius 1 is 1.19 bits per heavy atom. The SMILES string of the molecule is Cn1nc(C(=O)N2CCc3[nH]nc(-c4ccc(F)c(F)c4)c3C2)ccc1=O. The van der Waals surface area contributed by atoms with Gasteiger partial charge in [0.15, 0.2) is 11.6 Å². The Labute approximate surface area is 152 Å². The number of carbonyl (C=O) groups excluding carboxylic acids is 1. The topological polar surface area (TPSA) is 83.9 Å². The minimum Gasteiger partial charge on any atom is -0.332 e. The number of hydrogen-bond donors (Lipinski definition) is 1. The maximum absolute atomic E-state index is 13.6. The van der Waals surface area contributed by atoms with Gasteiger partial charge in [-0.05, 0) is 24.3 Å². The number of H-pyrrole nitrogens is 1. The van der Waals surface area contributed by atoms with E-state index in [1.165, 1.54) is 25.2 Å². The molecule has 9 heteroatoms. The summed E-state index contributed by atoms with van der Waals surface area (Å²) in [4.78, 5) is 25.8. The minimum atomic E-state index is -0.956. The number of aromatic amines is 1. The zero-order valence-corrected chi connectivity index (χ0v) is 14.4. The molecule has 1 aliphatic rings. The van der Waals surface area contributed by atoms with Crippen LogP contribution >= 0.6 is 0 Å². The van der Waals surface area contributed by atoms with Crippen LogP contribution in [0.3, 0.4) is 0 Å². The summed E-state index contributed by atoms with van der Waals surface area (Å²) in [5.41, 5.74) is 2.38. The average Bonchev–Trinajstić information content (AvgIpc) is 3.09. The molecule has 7 nitrogen and oxygen atoms in total. The summed E-state index contributed by atoms with van der Waals surface area (Å²) in [6, 6.07) is 6.27. The minimum absolute atomic E-state index is 0.165. The van der Waals surface area contributed by atoms with E-state index in [2.05, 4.69) is 15.3 Å². The Kier molecular flexibility index (Phi) is 4.06. The Hall–Kier alpha value is -3.36. The summed E-state index contributed by atoms with van der Waals surface area (Å²) in [6.45, 7) is 0.708. The van der Waals surface area contributed by atoms with E-state index < -0.39 is 11.6 Å². The van der Waals surface area contributed by atoms with Crippen LogP contribution in [-0.2, 0) is 20.0 Å². The van der Waals surface area contributed by atoms with E-state index in [0.717, 1.165) is 28.1 Å². The molecule has 1 aliphatic heterocycles. The molecule has 1 aromatic carbocycles. The average molecular weight is 371 g/mol. The van der Waals surface area contributed by atoms with Crippen LogP contribution in [0.4, 0.5) is 8.78 Å². The third kappa shape index (κ3) is 3.01. The summed E-state index contributed by atoms with van der Waals surface area (Å²) in [5.74, 6) is -2.20. The normalized spacial score (nSPS) is 13.5. The van der Waals surface area contributed by atoms with E-state index in [1.54, 1.807) is 4.90 Å². The molecule has 3 heterocycles. The van der Waals surface area contributed by atoms with Crippen molar-refractivity contribution in [2.24, 2.45) is 7.05 Å². The van der Waals surface area contributed by atoms with Gasteiger partial charge in [-0.25, -0.2) is 13.5 Å². The van der Waals surface area contributed by atoms with Crippen molar-refractivity contribution in [3.8, 4) is 11.3 Å². The molecule has 0 saturated heterocycles. The molecular formula is C18H15F2N5O2. The van der Waals surface area contributed by atoms with Crippen LogP contribution in [0, 0.1) is 11.6 Å². The Balaban J connectivity index is 1.65. The van der Waals surface area contributed by atoms with Gasteiger partial charge in [0.05, 0.1) is 12.2 Å². The lowest BCUT2D eigenvalue weighted by Gasteiger charge is -2.27. The quantitative estimate of drug-likeness (QED) is 0.742. The molecule has 0 atom stereocenters. The highest BCUT2D eigenvalue weighted by atomic mass is 19.2. The lowest BCUT2D eigenvalue weighted by molar-refractivity contribution is 0.0726. The van der Waals surface area contributed by atoms with Crippen LogP contribution in [0.1, 0.15) is 21.7 Å². The second kappa shape index (κ2) is 6.42. The van der Waals surface area contributed by atoms with Crippen LogP contribution in [0.2, 0.25) is 0 Å². The molecule has 0 radical (unpaired) electrons. The van der Waals surface area contributed by atoms with Crippen molar-refractivity contribution in [1.29, 1.82) is 0 Å².